The predicted molar refractivity (Wildman–Crippen MR) is 71.8 cm³/mol. The average Bonchev–Trinajstić information content (AvgIpc) is 2.46. The van der Waals surface area contributed by atoms with Crippen LogP contribution >= 0.6 is 0 Å². The molecule has 0 radical (unpaired) electrons. The Bertz CT molecular complexity index is 430. The van der Waals surface area contributed by atoms with Crippen molar-refractivity contribution in [3.63, 3.8) is 0 Å². The van der Waals surface area contributed by atoms with Gasteiger partial charge in [0.25, 0.3) is 0 Å². The third-order valence-electron chi connectivity index (χ3n) is 3.26. The maximum Gasteiger partial charge on any atom is 0.239 e. The van der Waals surface area contributed by atoms with E-state index in [0.717, 1.165) is 11.1 Å². The molecule has 1 aliphatic heterocycles. The van der Waals surface area contributed by atoms with Gasteiger partial charge in [0.2, 0.25) is 5.91 Å². The number of aliphatic hydroxyl groups excluding tert-OH is 1. The van der Waals surface area contributed by atoms with Crippen LogP contribution in [0.5, 0.6) is 0 Å². The number of amides is 1. The minimum atomic E-state index is -0.686. The number of aliphatic hydroxyl groups is 1. The maximum atomic E-state index is 11.9. The van der Waals surface area contributed by atoms with E-state index in [9.17, 15) is 9.90 Å². The van der Waals surface area contributed by atoms with Gasteiger partial charge in [-0.2, -0.15) is 0 Å². The standard InChI is InChI=1S/C14H20N2O3/c1-10-4-2-3-5-11(10)13(17)8-16-14(18)12-9-19-7-6-15-12/h2-5,12-13,15,17H,6-9H2,1H3,(H,16,18). The Morgan fingerprint density at radius 1 is 1.58 bits per heavy atom. The zero-order valence-corrected chi connectivity index (χ0v) is 11.1. The molecule has 1 amide bonds. The van der Waals surface area contributed by atoms with Crippen LogP contribution in [0.3, 0.4) is 0 Å². The Morgan fingerprint density at radius 3 is 3.05 bits per heavy atom. The van der Waals surface area contributed by atoms with Gasteiger partial charge in [0.1, 0.15) is 6.04 Å². The molecule has 1 fully saturated rings. The summed E-state index contributed by atoms with van der Waals surface area (Å²) in [6, 6.07) is 7.29. The first-order chi connectivity index (χ1) is 9.18. The summed E-state index contributed by atoms with van der Waals surface area (Å²) in [5, 5.41) is 15.9. The number of hydrogen-bond acceptors (Lipinski definition) is 4. The molecule has 2 atom stereocenters. The smallest absolute Gasteiger partial charge is 0.239 e. The van der Waals surface area contributed by atoms with E-state index in [1.54, 1.807) is 0 Å². The number of aryl methyl sites for hydroxylation is 1. The van der Waals surface area contributed by atoms with Crippen molar-refractivity contribution in [1.82, 2.24) is 10.6 Å². The average molecular weight is 264 g/mol. The van der Waals surface area contributed by atoms with Gasteiger partial charge in [-0.3, -0.25) is 4.79 Å². The van der Waals surface area contributed by atoms with Crippen molar-refractivity contribution in [2.75, 3.05) is 26.3 Å². The van der Waals surface area contributed by atoms with Crippen LogP contribution in [-0.2, 0) is 9.53 Å². The molecule has 1 aromatic carbocycles. The first kappa shape index (κ1) is 14.0. The van der Waals surface area contributed by atoms with Crippen molar-refractivity contribution in [3.8, 4) is 0 Å². The van der Waals surface area contributed by atoms with Crippen molar-refractivity contribution in [2.24, 2.45) is 0 Å². The largest absolute Gasteiger partial charge is 0.387 e. The molecule has 5 heteroatoms. The van der Waals surface area contributed by atoms with E-state index in [0.29, 0.717) is 19.8 Å². The Hall–Kier alpha value is -1.43. The molecule has 0 saturated carbocycles. The highest BCUT2D eigenvalue weighted by Gasteiger charge is 2.21. The third kappa shape index (κ3) is 3.76. The van der Waals surface area contributed by atoms with Gasteiger partial charge in [-0.05, 0) is 18.1 Å². The fraction of sp³-hybridized carbons (Fsp3) is 0.500. The molecule has 1 aliphatic rings. The highest BCUT2D eigenvalue weighted by Crippen LogP contribution is 2.16. The second-order valence-electron chi connectivity index (χ2n) is 4.70. The SMILES string of the molecule is Cc1ccccc1C(O)CNC(=O)C1COCCN1. The Kier molecular flexibility index (Phi) is 4.90. The zero-order valence-electron chi connectivity index (χ0n) is 11.1. The molecule has 19 heavy (non-hydrogen) atoms. The summed E-state index contributed by atoms with van der Waals surface area (Å²) in [5.74, 6) is -0.132. The molecule has 0 aliphatic carbocycles. The maximum absolute atomic E-state index is 11.9. The minimum Gasteiger partial charge on any atom is -0.387 e. The lowest BCUT2D eigenvalue weighted by atomic mass is 10.0. The lowest BCUT2D eigenvalue weighted by molar-refractivity contribution is -0.126. The van der Waals surface area contributed by atoms with Crippen LogP contribution in [-0.4, -0.2) is 43.4 Å². The van der Waals surface area contributed by atoms with E-state index in [-0.39, 0.29) is 18.5 Å². The number of morpholine rings is 1. The van der Waals surface area contributed by atoms with Crippen LogP contribution in [0.15, 0.2) is 24.3 Å². The zero-order chi connectivity index (χ0) is 13.7. The van der Waals surface area contributed by atoms with Crippen molar-refractivity contribution in [1.29, 1.82) is 0 Å². The molecule has 0 aromatic heterocycles. The molecule has 1 heterocycles. The van der Waals surface area contributed by atoms with Crippen LogP contribution in [0.1, 0.15) is 17.2 Å². The number of ether oxygens (including phenoxy) is 1. The van der Waals surface area contributed by atoms with E-state index in [1.165, 1.54) is 0 Å². The van der Waals surface area contributed by atoms with Crippen LogP contribution < -0.4 is 10.6 Å². The summed E-state index contributed by atoms with van der Waals surface area (Å²) in [4.78, 5) is 11.9. The minimum absolute atomic E-state index is 0.132. The Morgan fingerprint density at radius 2 is 2.37 bits per heavy atom. The first-order valence-electron chi connectivity index (χ1n) is 6.51. The van der Waals surface area contributed by atoms with Crippen LogP contribution in [0, 0.1) is 6.92 Å². The lowest BCUT2D eigenvalue weighted by Gasteiger charge is -2.23. The van der Waals surface area contributed by atoms with Gasteiger partial charge in [-0.1, -0.05) is 24.3 Å². The summed E-state index contributed by atoms with van der Waals surface area (Å²) in [6.07, 6.45) is -0.686. The van der Waals surface area contributed by atoms with Gasteiger partial charge in [-0.15, -0.1) is 0 Å². The van der Waals surface area contributed by atoms with Crippen LogP contribution in [0.2, 0.25) is 0 Å². The third-order valence-corrected chi connectivity index (χ3v) is 3.26. The molecule has 2 rings (SSSR count). The lowest BCUT2D eigenvalue weighted by Crippen LogP contribution is -2.51. The topological polar surface area (TPSA) is 70.6 Å². The highest BCUT2D eigenvalue weighted by atomic mass is 16.5. The van der Waals surface area contributed by atoms with E-state index in [4.69, 9.17) is 4.74 Å². The van der Waals surface area contributed by atoms with Crippen LogP contribution in [0.4, 0.5) is 0 Å². The number of benzene rings is 1. The van der Waals surface area contributed by atoms with E-state index in [2.05, 4.69) is 10.6 Å². The quantitative estimate of drug-likeness (QED) is 0.723. The highest BCUT2D eigenvalue weighted by molar-refractivity contribution is 5.82. The fourth-order valence-electron chi connectivity index (χ4n) is 2.12. The molecule has 1 saturated heterocycles. The second kappa shape index (κ2) is 6.65. The molecule has 2 unspecified atom stereocenters. The summed E-state index contributed by atoms with van der Waals surface area (Å²) in [6.45, 7) is 3.85. The summed E-state index contributed by atoms with van der Waals surface area (Å²) >= 11 is 0. The fourth-order valence-corrected chi connectivity index (χ4v) is 2.12. The summed E-state index contributed by atoms with van der Waals surface area (Å²) in [5.41, 5.74) is 1.86. The monoisotopic (exact) mass is 264 g/mol. The van der Waals surface area contributed by atoms with Gasteiger partial charge in [0.15, 0.2) is 0 Å². The van der Waals surface area contributed by atoms with Crippen molar-refractivity contribution >= 4 is 5.91 Å². The second-order valence-corrected chi connectivity index (χ2v) is 4.70. The van der Waals surface area contributed by atoms with Crippen molar-refractivity contribution in [2.45, 2.75) is 19.1 Å². The molecule has 0 bridgehead atoms. The number of carbonyl (C=O) groups is 1. The van der Waals surface area contributed by atoms with Gasteiger partial charge < -0.3 is 20.5 Å². The molecule has 1 aromatic rings. The van der Waals surface area contributed by atoms with E-state index < -0.39 is 6.10 Å². The molecule has 0 spiro atoms. The first-order valence-corrected chi connectivity index (χ1v) is 6.51. The molecule has 3 N–H and O–H groups in total. The molecule has 5 nitrogen and oxygen atoms in total. The summed E-state index contributed by atoms with van der Waals surface area (Å²) in [7, 11) is 0. The number of rotatable bonds is 4. The number of nitrogens with one attached hydrogen (secondary N) is 2. The molecular formula is C14H20N2O3. The molecular weight excluding hydrogens is 244 g/mol. The normalized spacial score (nSPS) is 20.8. The van der Waals surface area contributed by atoms with E-state index in [1.807, 2.05) is 31.2 Å². The molecule has 104 valence electrons. The predicted octanol–water partition coefficient (Wildman–Crippen LogP) is 0.133. The van der Waals surface area contributed by atoms with Gasteiger partial charge in [0, 0.05) is 13.1 Å². The summed E-state index contributed by atoms with van der Waals surface area (Å²) < 4.78 is 5.23. The van der Waals surface area contributed by atoms with Gasteiger partial charge in [-0.25, -0.2) is 0 Å². The number of hydrogen-bond donors (Lipinski definition) is 3. The van der Waals surface area contributed by atoms with Gasteiger partial charge in [0.05, 0.1) is 19.3 Å². The van der Waals surface area contributed by atoms with Crippen LogP contribution in [0.25, 0.3) is 0 Å². The van der Waals surface area contributed by atoms with Crippen molar-refractivity contribution in [3.05, 3.63) is 35.4 Å². The Balaban J connectivity index is 1.84. The van der Waals surface area contributed by atoms with Crippen molar-refractivity contribution < 1.29 is 14.6 Å². The number of carbonyl (C=O) groups excluding carboxylic acids is 1. The van der Waals surface area contributed by atoms with Gasteiger partial charge >= 0.3 is 0 Å². The van der Waals surface area contributed by atoms with E-state index >= 15 is 0 Å². The Labute approximate surface area is 113 Å².